The number of rotatable bonds is 2. The standard InChI is InChI=1S/C5H3F6O4P/c1-16(14-2(12)4(6,7)8)15-3(13)5(9,10)11/h1H3. The Labute approximate surface area is 85.4 Å². The minimum atomic E-state index is -5.36. The van der Waals surface area contributed by atoms with Crippen LogP contribution in [-0.4, -0.2) is 31.0 Å². The van der Waals surface area contributed by atoms with Crippen LogP contribution in [0, 0.1) is 0 Å². The van der Waals surface area contributed by atoms with Gasteiger partial charge in [0.05, 0.1) is 0 Å². The van der Waals surface area contributed by atoms with Gasteiger partial charge in [-0.2, -0.15) is 26.3 Å². The molecule has 0 saturated heterocycles. The molecule has 0 amide bonds. The molecule has 0 saturated carbocycles. The number of halogens is 6. The van der Waals surface area contributed by atoms with E-state index in [0.717, 1.165) is 0 Å². The second-order valence-corrected chi connectivity index (χ2v) is 3.44. The van der Waals surface area contributed by atoms with Gasteiger partial charge in [-0.3, -0.25) is 0 Å². The van der Waals surface area contributed by atoms with Gasteiger partial charge in [-0.05, 0) is 0 Å². The van der Waals surface area contributed by atoms with Crippen LogP contribution >= 0.6 is 8.38 Å². The fourth-order valence-electron chi connectivity index (χ4n) is 0.356. The Bertz CT molecular complexity index is 256. The summed E-state index contributed by atoms with van der Waals surface area (Å²) in [7, 11) is -2.93. The van der Waals surface area contributed by atoms with Crippen LogP contribution in [0.2, 0.25) is 0 Å². The summed E-state index contributed by atoms with van der Waals surface area (Å²) in [5, 5.41) is 0. The SMILES string of the molecule is CP(OC(=O)C(F)(F)F)OC(=O)C(F)(F)F. The first-order valence-corrected chi connectivity index (χ1v) is 4.89. The molecule has 0 aromatic carbocycles. The quantitative estimate of drug-likeness (QED) is 0.570. The van der Waals surface area contributed by atoms with E-state index in [4.69, 9.17) is 0 Å². The van der Waals surface area contributed by atoms with E-state index in [1.807, 2.05) is 0 Å². The molecule has 0 N–H and O–H groups in total. The second-order valence-electron chi connectivity index (χ2n) is 2.19. The van der Waals surface area contributed by atoms with Crippen LogP contribution in [0.5, 0.6) is 0 Å². The molecule has 4 nitrogen and oxygen atoms in total. The van der Waals surface area contributed by atoms with Crippen molar-refractivity contribution >= 4 is 20.3 Å². The molecule has 0 rings (SSSR count). The number of carbonyl (C=O) groups is 2. The lowest BCUT2D eigenvalue weighted by Gasteiger charge is -2.14. The van der Waals surface area contributed by atoms with E-state index in [0.29, 0.717) is 6.66 Å². The van der Waals surface area contributed by atoms with Gasteiger partial charge in [-0.15, -0.1) is 0 Å². The normalized spacial score (nSPS) is 12.5. The summed E-state index contributed by atoms with van der Waals surface area (Å²) in [4.78, 5) is 20.2. The molecule has 0 unspecified atom stereocenters. The lowest BCUT2D eigenvalue weighted by molar-refractivity contribution is -0.194. The van der Waals surface area contributed by atoms with Crippen molar-refractivity contribution in [1.29, 1.82) is 0 Å². The molecule has 0 fully saturated rings. The predicted octanol–water partition coefficient (Wildman–Crippen LogP) is 2.14. The third kappa shape index (κ3) is 5.15. The largest absolute Gasteiger partial charge is 0.491 e. The van der Waals surface area contributed by atoms with Crippen molar-refractivity contribution in [3.8, 4) is 0 Å². The molecule has 0 aliphatic rings. The Kier molecular flexibility index (Phi) is 4.54. The Balaban J connectivity index is 4.26. The molecule has 94 valence electrons. The van der Waals surface area contributed by atoms with Gasteiger partial charge < -0.3 is 9.05 Å². The molecule has 16 heavy (non-hydrogen) atoms. The smallest absolute Gasteiger partial charge is 0.400 e. The zero-order valence-electron chi connectivity index (χ0n) is 7.35. The first-order valence-electron chi connectivity index (χ1n) is 3.26. The van der Waals surface area contributed by atoms with Crippen LogP contribution in [0.15, 0.2) is 0 Å². The molecule has 0 aliphatic carbocycles. The minimum Gasteiger partial charge on any atom is -0.400 e. The average molecular weight is 272 g/mol. The van der Waals surface area contributed by atoms with Crippen molar-refractivity contribution in [2.75, 3.05) is 6.66 Å². The summed E-state index contributed by atoms with van der Waals surface area (Å²) in [6.07, 6.45) is -10.7. The minimum absolute atomic E-state index is 0.600. The van der Waals surface area contributed by atoms with Crippen molar-refractivity contribution in [1.82, 2.24) is 0 Å². The summed E-state index contributed by atoms with van der Waals surface area (Å²) < 4.78 is 76.2. The monoisotopic (exact) mass is 272 g/mol. The summed E-state index contributed by atoms with van der Waals surface area (Å²) in [5.41, 5.74) is 0. The Morgan fingerprint density at radius 1 is 0.875 bits per heavy atom. The van der Waals surface area contributed by atoms with E-state index in [1.165, 1.54) is 0 Å². The Hall–Kier alpha value is -1.05. The summed E-state index contributed by atoms with van der Waals surface area (Å²) >= 11 is 0. The lowest BCUT2D eigenvalue weighted by Crippen LogP contribution is -2.27. The highest BCUT2D eigenvalue weighted by Gasteiger charge is 2.45. The summed E-state index contributed by atoms with van der Waals surface area (Å²) in [6, 6.07) is 0. The lowest BCUT2D eigenvalue weighted by atomic mass is 10.7. The molecule has 0 bridgehead atoms. The van der Waals surface area contributed by atoms with Gasteiger partial charge in [0.1, 0.15) is 0 Å². The van der Waals surface area contributed by atoms with E-state index >= 15 is 0 Å². The van der Waals surface area contributed by atoms with Crippen molar-refractivity contribution in [3.05, 3.63) is 0 Å². The van der Waals surface area contributed by atoms with E-state index in [9.17, 15) is 35.9 Å². The van der Waals surface area contributed by atoms with E-state index < -0.39 is 32.7 Å². The Morgan fingerprint density at radius 3 is 1.31 bits per heavy atom. The van der Waals surface area contributed by atoms with Crippen LogP contribution in [0.4, 0.5) is 26.3 Å². The fraction of sp³-hybridized carbons (Fsp3) is 0.600. The maximum Gasteiger partial charge on any atom is 0.491 e. The molecule has 0 spiro atoms. The van der Waals surface area contributed by atoms with E-state index in [-0.39, 0.29) is 0 Å². The zero-order chi connectivity index (χ0) is 13.1. The average Bonchev–Trinajstić information content (AvgIpc) is 1.99. The van der Waals surface area contributed by atoms with Crippen LogP contribution in [-0.2, 0) is 18.6 Å². The van der Waals surface area contributed by atoms with Crippen molar-refractivity contribution < 1.29 is 45.0 Å². The molecule has 11 heteroatoms. The number of hydrogen-bond acceptors (Lipinski definition) is 4. The Morgan fingerprint density at radius 2 is 1.12 bits per heavy atom. The number of hydrogen-bond donors (Lipinski definition) is 0. The third-order valence-corrected chi connectivity index (χ3v) is 1.73. The van der Waals surface area contributed by atoms with Gasteiger partial charge in [0.2, 0.25) is 0 Å². The maximum atomic E-state index is 11.6. The van der Waals surface area contributed by atoms with Crippen molar-refractivity contribution in [3.63, 3.8) is 0 Å². The predicted molar refractivity (Wildman–Crippen MR) is 37.1 cm³/mol. The molecule has 0 aromatic heterocycles. The van der Waals surface area contributed by atoms with Crippen LogP contribution in [0.25, 0.3) is 0 Å². The first kappa shape index (κ1) is 14.9. The summed E-state index contributed by atoms with van der Waals surface area (Å²) in [5.74, 6) is -5.45. The molecule has 0 aromatic rings. The number of alkyl halides is 6. The van der Waals surface area contributed by atoms with Gasteiger partial charge in [0.25, 0.3) is 8.38 Å². The fourth-order valence-corrected chi connectivity index (χ4v) is 1.07. The molecule has 0 aliphatic heterocycles. The number of carbonyl (C=O) groups excluding carboxylic acids is 2. The summed E-state index contributed by atoms with van der Waals surface area (Å²) in [6.45, 7) is 0.600. The van der Waals surface area contributed by atoms with E-state index in [1.54, 1.807) is 0 Å². The van der Waals surface area contributed by atoms with Gasteiger partial charge in [0, 0.05) is 6.66 Å². The highest BCUT2D eigenvalue weighted by atomic mass is 31.2. The second kappa shape index (κ2) is 4.86. The topological polar surface area (TPSA) is 52.6 Å². The van der Waals surface area contributed by atoms with Gasteiger partial charge in [0.15, 0.2) is 0 Å². The van der Waals surface area contributed by atoms with Crippen LogP contribution < -0.4 is 0 Å². The molecule has 0 radical (unpaired) electrons. The van der Waals surface area contributed by atoms with Gasteiger partial charge in [-0.1, -0.05) is 0 Å². The molecule has 0 heterocycles. The highest BCUT2D eigenvalue weighted by molar-refractivity contribution is 7.47. The van der Waals surface area contributed by atoms with Crippen LogP contribution in [0.1, 0.15) is 0 Å². The van der Waals surface area contributed by atoms with Gasteiger partial charge in [-0.25, -0.2) is 9.59 Å². The maximum absolute atomic E-state index is 11.6. The first-order chi connectivity index (χ1) is 6.94. The molecule has 0 atom stereocenters. The highest BCUT2D eigenvalue weighted by Crippen LogP contribution is 2.38. The van der Waals surface area contributed by atoms with Crippen LogP contribution in [0.3, 0.4) is 0 Å². The van der Waals surface area contributed by atoms with E-state index in [2.05, 4.69) is 9.05 Å². The van der Waals surface area contributed by atoms with Gasteiger partial charge >= 0.3 is 24.3 Å². The third-order valence-electron chi connectivity index (χ3n) is 0.886. The molecular weight excluding hydrogens is 269 g/mol. The molecular formula is C5H3F6O4P. The van der Waals surface area contributed by atoms with Crippen molar-refractivity contribution in [2.24, 2.45) is 0 Å². The van der Waals surface area contributed by atoms with Crippen molar-refractivity contribution in [2.45, 2.75) is 12.4 Å². The zero-order valence-corrected chi connectivity index (χ0v) is 8.24.